The molecular formula is C25H30N8O3S. The van der Waals surface area contributed by atoms with Gasteiger partial charge in [0.25, 0.3) is 0 Å². The van der Waals surface area contributed by atoms with E-state index in [1.165, 1.54) is 6.20 Å². The first-order valence-electron chi connectivity index (χ1n) is 12.8. The fourth-order valence-electron chi connectivity index (χ4n) is 6.29. The highest BCUT2D eigenvalue weighted by molar-refractivity contribution is 7.95. The molecule has 2 saturated heterocycles. The van der Waals surface area contributed by atoms with Crippen LogP contribution in [0.2, 0.25) is 0 Å². The van der Waals surface area contributed by atoms with Crippen LogP contribution in [0.3, 0.4) is 0 Å². The predicted octanol–water partition coefficient (Wildman–Crippen LogP) is 1.71. The Morgan fingerprint density at radius 2 is 1.89 bits per heavy atom. The SMILES string of the molecule is C[C@@H]1CN(c2ncnc3c2C2(CCC2)CN3c2cc(C#N)cnn2)[C@@H](C)CN1C(=O)C1(C)CCS1(=O)=O. The van der Waals surface area contributed by atoms with Crippen molar-refractivity contribution < 1.29 is 13.2 Å². The molecule has 0 aromatic carbocycles. The van der Waals surface area contributed by atoms with E-state index in [9.17, 15) is 18.5 Å². The van der Waals surface area contributed by atoms with Crippen molar-refractivity contribution in [2.75, 3.05) is 35.2 Å². The van der Waals surface area contributed by atoms with Gasteiger partial charge in [-0.1, -0.05) is 6.42 Å². The fourth-order valence-corrected chi connectivity index (χ4v) is 7.83. The van der Waals surface area contributed by atoms with E-state index >= 15 is 0 Å². The summed E-state index contributed by atoms with van der Waals surface area (Å²) in [5.74, 6) is 2.04. The Balaban J connectivity index is 1.34. The Hall–Kier alpha value is -3.33. The zero-order valence-electron chi connectivity index (χ0n) is 21.3. The average molecular weight is 523 g/mol. The number of sulfone groups is 1. The van der Waals surface area contributed by atoms with Crippen molar-refractivity contribution in [3.63, 3.8) is 0 Å². The van der Waals surface area contributed by atoms with E-state index in [-0.39, 0.29) is 29.2 Å². The van der Waals surface area contributed by atoms with Crippen molar-refractivity contribution in [3.05, 3.63) is 29.7 Å². The minimum absolute atomic E-state index is 0.0570. The Kier molecular flexibility index (Phi) is 5.25. The van der Waals surface area contributed by atoms with Crippen molar-refractivity contribution in [2.24, 2.45) is 0 Å². The molecule has 0 radical (unpaired) electrons. The fraction of sp³-hybridized carbons (Fsp3) is 0.600. The molecule has 1 amide bonds. The highest BCUT2D eigenvalue weighted by Gasteiger charge is 2.57. The maximum absolute atomic E-state index is 13.4. The van der Waals surface area contributed by atoms with Crippen LogP contribution in [0, 0.1) is 11.3 Å². The van der Waals surface area contributed by atoms with Gasteiger partial charge in [0, 0.05) is 48.8 Å². The van der Waals surface area contributed by atoms with Gasteiger partial charge in [-0.05, 0) is 40.0 Å². The quantitative estimate of drug-likeness (QED) is 0.586. The first-order chi connectivity index (χ1) is 17.6. The molecule has 0 bridgehead atoms. The molecule has 3 atom stereocenters. The highest BCUT2D eigenvalue weighted by atomic mass is 32.2. The molecular weight excluding hydrogens is 492 g/mol. The number of anilines is 3. The van der Waals surface area contributed by atoms with Crippen molar-refractivity contribution in [1.29, 1.82) is 5.26 Å². The minimum Gasteiger partial charge on any atom is -0.350 e. The van der Waals surface area contributed by atoms with Crippen molar-refractivity contribution >= 4 is 33.2 Å². The zero-order chi connectivity index (χ0) is 26.2. The maximum Gasteiger partial charge on any atom is 0.244 e. The number of piperazine rings is 1. The lowest BCUT2D eigenvalue weighted by molar-refractivity contribution is -0.137. The molecule has 6 rings (SSSR count). The Bertz CT molecular complexity index is 1440. The molecule has 37 heavy (non-hydrogen) atoms. The molecule has 11 nitrogen and oxygen atoms in total. The second-order valence-corrected chi connectivity index (χ2v) is 13.7. The summed E-state index contributed by atoms with van der Waals surface area (Å²) in [5, 5.41) is 17.7. The maximum atomic E-state index is 13.4. The van der Waals surface area contributed by atoms with Gasteiger partial charge < -0.3 is 14.7 Å². The van der Waals surface area contributed by atoms with E-state index in [0.29, 0.717) is 37.4 Å². The van der Waals surface area contributed by atoms with Crippen LogP contribution in [0.15, 0.2) is 18.6 Å². The number of carbonyl (C=O) groups excluding carboxylic acids is 1. The molecule has 194 valence electrons. The zero-order valence-corrected chi connectivity index (χ0v) is 22.1. The van der Waals surface area contributed by atoms with Crippen LogP contribution in [0.1, 0.15) is 57.6 Å². The lowest BCUT2D eigenvalue weighted by atomic mass is 9.66. The van der Waals surface area contributed by atoms with Crippen molar-refractivity contribution in [3.8, 4) is 6.07 Å². The van der Waals surface area contributed by atoms with Crippen LogP contribution in [0.4, 0.5) is 17.5 Å². The second kappa shape index (κ2) is 8.08. The Morgan fingerprint density at radius 1 is 1.14 bits per heavy atom. The summed E-state index contributed by atoms with van der Waals surface area (Å²) in [7, 11) is -3.40. The largest absolute Gasteiger partial charge is 0.350 e. The smallest absolute Gasteiger partial charge is 0.244 e. The van der Waals surface area contributed by atoms with Crippen LogP contribution in [0.25, 0.3) is 0 Å². The monoisotopic (exact) mass is 522 g/mol. The van der Waals surface area contributed by atoms with E-state index in [1.807, 2.05) is 11.8 Å². The summed E-state index contributed by atoms with van der Waals surface area (Å²) in [5.41, 5.74) is 1.44. The summed E-state index contributed by atoms with van der Waals surface area (Å²) in [6.45, 7) is 7.27. The third-order valence-corrected chi connectivity index (χ3v) is 11.4. The van der Waals surface area contributed by atoms with Gasteiger partial charge in [-0.15, -0.1) is 5.10 Å². The molecule has 1 spiro atoms. The molecule has 4 aliphatic rings. The number of hydrogen-bond donors (Lipinski definition) is 0. The lowest BCUT2D eigenvalue weighted by Crippen LogP contribution is -2.66. The molecule has 3 fully saturated rings. The molecule has 1 saturated carbocycles. The van der Waals surface area contributed by atoms with Gasteiger partial charge in [0.2, 0.25) is 5.91 Å². The van der Waals surface area contributed by atoms with Crippen LogP contribution < -0.4 is 9.80 Å². The molecule has 1 unspecified atom stereocenters. The van der Waals surface area contributed by atoms with Gasteiger partial charge in [0.1, 0.15) is 28.8 Å². The molecule has 2 aromatic heterocycles. The molecule has 5 heterocycles. The summed E-state index contributed by atoms with van der Waals surface area (Å²) in [6.07, 6.45) is 6.54. The summed E-state index contributed by atoms with van der Waals surface area (Å²) in [6, 6.07) is 3.64. The topological polar surface area (TPSA) is 136 Å². The van der Waals surface area contributed by atoms with Crippen LogP contribution in [0.5, 0.6) is 0 Å². The van der Waals surface area contributed by atoms with Gasteiger partial charge >= 0.3 is 0 Å². The number of hydrogen-bond acceptors (Lipinski definition) is 10. The summed E-state index contributed by atoms with van der Waals surface area (Å²) >= 11 is 0. The molecule has 1 aliphatic carbocycles. The number of nitriles is 1. The number of nitrogens with zero attached hydrogens (tertiary/aromatic N) is 8. The Labute approximate surface area is 216 Å². The number of aromatic nitrogens is 4. The van der Waals surface area contributed by atoms with E-state index in [4.69, 9.17) is 4.98 Å². The van der Waals surface area contributed by atoms with Crippen LogP contribution >= 0.6 is 0 Å². The number of carbonyl (C=O) groups is 1. The predicted molar refractivity (Wildman–Crippen MR) is 136 cm³/mol. The van der Waals surface area contributed by atoms with E-state index in [1.54, 1.807) is 24.2 Å². The van der Waals surface area contributed by atoms with Gasteiger partial charge in [-0.2, -0.15) is 10.4 Å². The highest BCUT2D eigenvalue weighted by Crippen LogP contribution is 2.56. The van der Waals surface area contributed by atoms with Crippen LogP contribution in [-0.2, 0) is 20.0 Å². The first kappa shape index (κ1) is 24.0. The van der Waals surface area contributed by atoms with Gasteiger partial charge in [-0.3, -0.25) is 4.79 Å². The average Bonchev–Trinajstić information content (AvgIpc) is 3.25. The first-order valence-corrected chi connectivity index (χ1v) is 14.4. The van der Waals surface area contributed by atoms with E-state index < -0.39 is 14.6 Å². The number of rotatable bonds is 3. The molecule has 12 heteroatoms. The summed E-state index contributed by atoms with van der Waals surface area (Å²) in [4.78, 5) is 28.8. The number of amides is 1. The third-order valence-electron chi connectivity index (χ3n) is 8.92. The second-order valence-electron chi connectivity index (χ2n) is 11.1. The van der Waals surface area contributed by atoms with Crippen molar-refractivity contribution in [2.45, 2.75) is 68.7 Å². The minimum atomic E-state index is -3.40. The van der Waals surface area contributed by atoms with E-state index in [0.717, 1.165) is 36.5 Å². The van der Waals surface area contributed by atoms with Crippen molar-refractivity contribution in [1.82, 2.24) is 25.1 Å². The van der Waals surface area contributed by atoms with Gasteiger partial charge in [-0.25, -0.2) is 18.4 Å². The van der Waals surface area contributed by atoms with Gasteiger partial charge in [0.15, 0.2) is 15.7 Å². The normalized spacial score (nSPS) is 29.3. The van der Waals surface area contributed by atoms with E-state index in [2.05, 4.69) is 33.1 Å². The molecule has 2 aromatic rings. The third kappa shape index (κ3) is 3.36. The van der Waals surface area contributed by atoms with Gasteiger partial charge in [0.05, 0.1) is 17.5 Å². The lowest BCUT2D eigenvalue weighted by Gasteiger charge is -2.49. The molecule has 3 aliphatic heterocycles. The summed E-state index contributed by atoms with van der Waals surface area (Å²) < 4.78 is 23.5. The molecule has 0 N–H and O–H groups in total. The standard InChI is InChI=1S/C25H30N8O3S/c1-16-13-32(23(34)24(3)7-8-37(24,35)36)17(2)12-31(16)21-20-22(28-15-27-21)33(14-25(20)5-4-6-25)19-9-18(10-26)11-29-30-19/h9,11,15-17H,4-8,12-14H2,1-3H3/t16-,17+,24?/m0/s1. The Morgan fingerprint density at radius 3 is 2.51 bits per heavy atom. The number of fused-ring (bicyclic) bond motifs is 2. The van der Waals surface area contributed by atoms with Crippen LogP contribution in [-0.4, -0.2) is 81.6 Å².